The van der Waals surface area contributed by atoms with Crippen LogP contribution in [0.1, 0.15) is 26.2 Å². The molecule has 0 aliphatic carbocycles. The Morgan fingerprint density at radius 2 is 2.16 bits per heavy atom. The first-order valence-electron chi connectivity index (χ1n) is 8.94. The minimum absolute atomic E-state index is 0.00206. The Balaban J connectivity index is 1.37. The molecule has 3 N–H and O–H groups in total. The molecule has 2 heterocycles. The van der Waals surface area contributed by atoms with E-state index in [2.05, 4.69) is 27.8 Å². The van der Waals surface area contributed by atoms with Crippen LogP contribution >= 0.6 is 0 Å². The second kappa shape index (κ2) is 8.20. The maximum atomic E-state index is 12.0. The monoisotopic (exact) mass is 346 g/mol. The van der Waals surface area contributed by atoms with Gasteiger partial charge in [-0.1, -0.05) is 6.92 Å². The highest BCUT2D eigenvalue weighted by Crippen LogP contribution is 2.30. The molecule has 1 fully saturated rings. The molecule has 0 spiro atoms. The van der Waals surface area contributed by atoms with Gasteiger partial charge in [0.15, 0.2) is 6.61 Å². The van der Waals surface area contributed by atoms with Crippen LogP contribution in [0.25, 0.3) is 0 Å². The number of hydrogen-bond acceptors (Lipinski definition) is 4. The summed E-state index contributed by atoms with van der Waals surface area (Å²) in [5.74, 6) is 1.24. The summed E-state index contributed by atoms with van der Waals surface area (Å²) in [5, 5.41) is 8.39. The molecule has 0 radical (unpaired) electrons. The molecule has 0 saturated carbocycles. The standard InChI is InChI=1S/C18H26N4O3/c1-13-5-9-22(10-6-13)8-2-7-19-18(24)20-14-3-4-15-16(11-14)25-12-17(23)21-15/h3-4,11,13H,2,5-10,12H2,1H3,(H,21,23)(H2,19,20,24). The predicted molar refractivity (Wildman–Crippen MR) is 97.0 cm³/mol. The largest absolute Gasteiger partial charge is 0.482 e. The Kier molecular flexibility index (Phi) is 5.75. The van der Waals surface area contributed by atoms with E-state index in [0.717, 1.165) is 18.9 Å². The number of nitrogens with one attached hydrogen (secondary N) is 3. The topological polar surface area (TPSA) is 82.7 Å². The Hall–Kier alpha value is -2.28. The Labute approximate surface area is 148 Å². The summed E-state index contributed by atoms with van der Waals surface area (Å²) < 4.78 is 5.34. The van der Waals surface area contributed by atoms with Crippen LogP contribution in [-0.4, -0.2) is 49.6 Å². The number of ether oxygens (including phenoxy) is 1. The highest BCUT2D eigenvalue weighted by Gasteiger charge is 2.17. The summed E-state index contributed by atoms with van der Waals surface area (Å²) in [6.45, 7) is 6.31. The lowest BCUT2D eigenvalue weighted by Gasteiger charge is -2.30. The van der Waals surface area contributed by atoms with Crippen molar-refractivity contribution in [3.63, 3.8) is 0 Å². The molecule has 3 amide bonds. The molecule has 0 bridgehead atoms. The molecular formula is C18H26N4O3. The van der Waals surface area contributed by atoms with E-state index in [-0.39, 0.29) is 18.5 Å². The third-order valence-corrected chi connectivity index (χ3v) is 4.69. The first-order chi connectivity index (χ1) is 12.1. The van der Waals surface area contributed by atoms with Crippen molar-refractivity contribution in [3.05, 3.63) is 18.2 Å². The number of carbonyl (C=O) groups excluding carboxylic acids is 2. The number of urea groups is 1. The van der Waals surface area contributed by atoms with Gasteiger partial charge in [-0.25, -0.2) is 4.79 Å². The SMILES string of the molecule is CC1CCN(CCCNC(=O)Nc2ccc3c(c2)OCC(=O)N3)CC1. The van der Waals surface area contributed by atoms with Crippen molar-refractivity contribution < 1.29 is 14.3 Å². The molecular weight excluding hydrogens is 320 g/mol. The fourth-order valence-corrected chi connectivity index (χ4v) is 3.12. The fourth-order valence-electron chi connectivity index (χ4n) is 3.12. The van der Waals surface area contributed by atoms with Crippen molar-refractivity contribution in [2.45, 2.75) is 26.2 Å². The number of piperidine rings is 1. The number of likely N-dealkylation sites (tertiary alicyclic amines) is 1. The third-order valence-electron chi connectivity index (χ3n) is 4.69. The van der Waals surface area contributed by atoms with Gasteiger partial charge in [0.05, 0.1) is 5.69 Å². The molecule has 3 rings (SSSR count). The molecule has 0 atom stereocenters. The number of benzene rings is 1. The van der Waals surface area contributed by atoms with Gasteiger partial charge in [0.1, 0.15) is 5.75 Å². The van der Waals surface area contributed by atoms with Gasteiger partial charge in [-0.2, -0.15) is 0 Å². The van der Waals surface area contributed by atoms with Crippen molar-refractivity contribution in [1.82, 2.24) is 10.2 Å². The minimum atomic E-state index is -0.230. The Bertz CT molecular complexity index is 627. The summed E-state index contributed by atoms with van der Waals surface area (Å²) in [4.78, 5) is 25.7. The molecule has 2 aliphatic rings. The first-order valence-corrected chi connectivity index (χ1v) is 8.94. The fraction of sp³-hybridized carbons (Fsp3) is 0.556. The van der Waals surface area contributed by atoms with Crippen LogP contribution in [0.5, 0.6) is 5.75 Å². The lowest BCUT2D eigenvalue weighted by molar-refractivity contribution is -0.118. The highest BCUT2D eigenvalue weighted by molar-refractivity contribution is 5.96. The van der Waals surface area contributed by atoms with E-state index in [1.165, 1.54) is 25.9 Å². The van der Waals surface area contributed by atoms with Gasteiger partial charge in [0.2, 0.25) is 0 Å². The zero-order chi connectivity index (χ0) is 17.6. The Morgan fingerprint density at radius 3 is 2.96 bits per heavy atom. The van der Waals surface area contributed by atoms with Gasteiger partial charge in [0, 0.05) is 18.3 Å². The van der Waals surface area contributed by atoms with E-state index < -0.39 is 0 Å². The van der Waals surface area contributed by atoms with E-state index in [4.69, 9.17) is 4.74 Å². The number of anilines is 2. The summed E-state index contributed by atoms with van der Waals surface area (Å²) in [7, 11) is 0. The molecule has 0 aromatic heterocycles. The van der Waals surface area contributed by atoms with Crippen molar-refractivity contribution in [1.29, 1.82) is 0 Å². The van der Waals surface area contributed by atoms with Gasteiger partial charge in [-0.05, 0) is 56.9 Å². The second-order valence-corrected chi connectivity index (χ2v) is 6.81. The average Bonchev–Trinajstić information content (AvgIpc) is 2.60. The molecule has 7 nitrogen and oxygen atoms in total. The lowest BCUT2D eigenvalue weighted by Crippen LogP contribution is -2.36. The Morgan fingerprint density at radius 1 is 1.36 bits per heavy atom. The second-order valence-electron chi connectivity index (χ2n) is 6.81. The number of fused-ring (bicyclic) bond motifs is 1. The average molecular weight is 346 g/mol. The number of nitrogens with zero attached hydrogens (tertiary/aromatic N) is 1. The lowest BCUT2D eigenvalue weighted by atomic mass is 9.99. The summed E-state index contributed by atoms with van der Waals surface area (Å²) in [6.07, 6.45) is 3.49. The van der Waals surface area contributed by atoms with Crippen molar-refractivity contribution >= 4 is 23.3 Å². The minimum Gasteiger partial charge on any atom is -0.482 e. The number of carbonyl (C=O) groups is 2. The predicted octanol–water partition coefficient (Wildman–Crippen LogP) is 2.26. The molecule has 1 aromatic rings. The van der Waals surface area contributed by atoms with Gasteiger partial charge < -0.3 is 25.6 Å². The van der Waals surface area contributed by atoms with E-state index in [0.29, 0.717) is 23.7 Å². The summed E-state index contributed by atoms with van der Waals surface area (Å²) in [6, 6.07) is 4.94. The zero-order valence-electron chi connectivity index (χ0n) is 14.6. The van der Waals surface area contributed by atoms with Crippen LogP contribution < -0.4 is 20.7 Å². The van der Waals surface area contributed by atoms with Gasteiger partial charge in [0.25, 0.3) is 5.91 Å². The van der Waals surface area contributed by atoms with E-state index in [1.54, 1.807) is 18.2 Å². The quantitative estimate of drug-likeness (QED) is 0.714. The van der Waals surface area contributed by atoms with Crippen LogP contribution in [0.3, 0.4) is 0 Å². The van der Waals surface area contributed by atoms with Crippen LogP contribution in [-0.2, 0) is 4.79 Å². The van der Waals surface area contributed by atoms with E-state index >= 15 is 0 Å². The molecule has 1 saturated heterocycles. The molecule has 0 unspecified atom stereocenters. The van der Waals surface area contributed by atoms with E-state index in [9.17, 15) is 9.59 Å². The molecule has 25 heavy (non-hydrogen) atoms. The number of hydrogen-bond donors (Lipinski definition) is 3. The van der Waals surface area contributed by atoms with Crippen molar-refractivity contribution in [2.24, 2.45) is 5.92 Å². The van der Waals surface area contributed by atoms with Gasteiger partial charge in [-0.15, -0.1) is 0 Å². The van der Waals surface area contributed by atoms with Crippen molar-refractivity contribution in [3.8, 4) is 5.75 Å². The van der Waals surface area contributed by atoms with Crippen LogP contribution in [0.2, 0.25) is 0 Å². The van der Waals surface area contributed by atoms with E-state index in [1.807, 2.05) is 0 Å². The normalized spacial score (nSPS) is 18.0. The highest BCUT2D eigenvalue weighted by atomic mass is 16.5. The van der Waals surface area contributed by atoms with Gasteiger partial charge in [-0.3, -0.25) is 4.79 Å². The number of amides is 3. The maximum Gasteiger partial charge on any atom is 0.319 e. The van der Waals surface area contributed by atoms with Crippen LogP contribution in [0, 0.1) is 5.92 Å². The number of rotatable bonds is 5. The molecule has 1 aromatic carbocycles. The third kappa shape index (κ3) is 5.09. The van der Waals surface area contributed by atoms with Crippen LogP contribution in [0.15, 0.2) is 18.2 Å². The smallest absolute Gasteiger partial charge is 0.319 e. The molecule has 136 valence electrons. The molecule has 7 heteroatoms. The van der Waals surface area contributed by atoms with Crippen molar-refractivity contribution in [2.75, 3.05) is 43.4 Å². The summed E-state index contributed by atoms with van der Waals surface area (Å²) in [5.41, 5.74) is 1.26. The first kappa shape index (κ1) is 17.5. The molecule has 2 aliphatic heterocycles. The maximum absolute atomic E-state index is 12.0. The zero-order valence-corrected chi connectivity index (χ0v) is 14.6. The summed E-state index contributed by atoms with van der Waals surface area (Å²) >= 11 is 0. The van der Waals surface area contributed by atoms with Gasteiger partial charge >= 0.3 is 6.03 Å². The van der Waals surface area contributed by atoms with Crippen LogP contribution in [0.4, 0.5) is 16.2 Å².